The molecule has 0 spiro atoms. The van der Waals surface area contributed by atoms with E-state index in [1.807, 2.05) is 24.3 Å². The Morgan fingerprint density at radius 2 is 1.96 bits per heavy atom. The largest absolute Gasteiger partial charge is 0.508 e. The van der Waals surface area contributed by atoms with Crippen LogP contribution in [-0.2, 0) is 4.79 Å². The number of benzene rings is 2. The molecular weight excluding hydrogens is 416 g/mol. The highest BCUT2D eigenvalue weighted by atomic mass is 35.5. The number of amides is 1. The average Bonchev–Trinajstić information content (AvgIpc) is 2.96. The lowest BCUT2D eigenvalue weighted by Gasteiger charge is -2.14. The molecule has 1 fully saturated rings. The Labute approximate surface area is 175 Å². The van der Waals surface area contributed by atoms with Crippen LogP contribution in [0.15, 0.2) is 53.4 Å². The Balaban J connectivity index is 1.72. The molecule has 5 nitrogen and oxygen atoms in total. The molecule has 2 aromatic carbocycles. The molecule has 1 aliphatic heterocycles. The SMILES string of the molecule is COc1ccc2nc(Cl)c(/C=C3/SC(=S)N(c4ccc(O)cc4)C3=O)cc2c1. The second kappa shape index (κ2) is 7.43. The molecule has 1 aromatic heterocycles. The van der Waals surface area contributed by atoms with Crippen LogP contribution in [-0.4, -0.2) is 27.4 Å². The first-order chi connectivity index (χ1) is 13.5. The molecule has 0 radical (unpaired) electrons. The van der Waals surface area contributed by atoms with E-state index in [0.29, 0.717) is 31.4 Å². The number of rotatable bonds is 3. The van der Waals surface area contributed by atoms with Crippen molar-refractivity contribution in [1.29, 1.82) is 0 Å². The van der Waals surface area contributed by atoms with Crippen LogP contribution >= 0.6 is 35.6 Å². The van der Waals surface area contributed by atoms with E-state index in [-0.39, 0.29) is 11.7 Å². The van der Waals surface area contributed by atoms with Gasteiger partial charge in [-0.2, -0.15) is 0 Å². The number of hydrogen-bond donors (Lipinski definition) is 1. The summed E-state index contributed by atoms with van der Waals surface area (Å²) in [5.74, 6) is 0.581. The van der Waals surface area contributed by atoms with Crippen molar-refractivity contribution in [2.24, 2.45) is 0 Å². The number of halogens is 1. The van der Waals surface area contributed by atoms with Crippen molar-refractivity contribution < 1.29 is 14.6 Å². The average molecular weight is 429 g/mol. The molecule has 0 saturated carbocycles. The Hall–Kier alpha value is -2.61. The van der Waals surface area contributed by atoms with Gasteiger partial charge in [0, 0.05) is 10.9 Å². The van der Waals surface area contributed by atoms with E-state index in [4.69, 9.17) is 28.6 Å². The smallest absolute Gasteiger partial charge is 0.270 e. The quantitative estimate of drug-likeness (QED) is 0.359. The van der Waals surface area contributed by atoms with Crippen molar-refractivity contribution >= 4 is 68.5 Å². The lowest BCUT2D eigenvalue weighted by molar-refractivity contribution is -0.113. The van der Waals surface area contributed by atoms with E-state index in [1.54, 1.807) is 25.3 Å². The molecule has 0 aliphatic carbocycles. The second-order valence-corrected chi connectivity index (χ2v) is 7.99. The maximum absolute atomic E-state index is 12.9. The molecule has 1 N–H and O–H groups in total. The fourth-order valence-corrected chi connectivity index (χ4v) is 4.30. The molecule has 1 saturated heterocycles. The molecule has 28 heavy (non-hydrogen) atoms. The number of fused-ring (bicyclic) bond motifs is 1. The third-order valence-electron chi connectivity index (χ3n) is 4.19. The highest BCUT2D eigenvalue weighted by Crippen LogP contribution is 2.37. The van der Waals surface area contributed by atoms with Crippen molar-refractivity contribution in [3.63, 3.8) is 0 Å². The fourth-order valence-electron chi connectivity index (χ4n) is 2.81. The van der Waals surface area contributed by atoms with Crippen LogP contribution in [0.1, 0.15) is 5.56 Å². The zero-order valence-corrected chi connectivity index (χ0v) is 16.9. The molecule has 1 amide bonds. The molecule has 3 aromatic rings. The van der Waals surface area contributed by atoms with Crippen molar-refractivity contribution in [1.82, 2.24) is 4.98 Å². The van der Waals surface area contributed by atoms with Gasteiger partial charge >= 0.3 is 0 Å². The minimum atomic E-state index is -0.248. The van der Waals surface area contributed by atoms with Crippen molar-refractivity contribution in [2.45, 2.75) is 0 Å². The van der Waals surface area contributed by atoms with E-state index < -0.39 is 0 Å². The first-order valence-corrected chi connectivity index (χ1v) is 9.78. The summed E-state index contributed by atoms with van der Waals surface area (Å²) < 4.78 is 5.66. The highest BCUT2D eigenvalue weighted by Gasteiger charge is 2.33. The molecule has 0 unspecified atom stereocenters. The molecule has 1 aliphatic rings. The highest BCUT2D eigenvalue weighted by molar-refractivity contribution is 8.27. The summed E-state index contributed by atoms with van der Waals surface area (Å²) >= 11 is 12.9. The molecule has 140 valence electrons. The first-order valence-electron chi connectivity index (χ1n) is 8.17. The zero-order chi connectivity index (χ0) is 19.8. The number of methoxy groups -OCH3 is 1. The minimum absolute atomic E-state index is 0.120. The van der Waals surface area contributed by atoms with Crippen molar-refractivity contribution in [2.75, 3.05) is 12.0 Å². The summed E-state index contributed by atoms with van der Waals surface area (Å²) in [5.41, 5.74) is 1.95. The van der Waals surface area contributed by atoms with Crippen LogP contribution in [0.3, 0.4) is 0 Å². The van der Waals surface area contributed by atoms with Gasteiger partial charge in [-0.05, 0) is 54.6 Å². The van der Waals surface area contributed by atoms with Crippen LogP contribution in [0.25, 0.3) is 17.0 Å². The number of carbonyl (C=O) groups excluding carboxylic acids is 1. The fraction of sp³-hybridized carbons (Fsp3) is 0.0500. The predicted octanol–water partition coefficient (Wildman–Crippen LogP) is 5.01. The van der Waals surface area contributed by atoms with Gasteiger partial charge in [-0.1, -0.05) is 35.6 Å². The monoisotopic (exact) mass is 428 g/mol. The van der Waals surface area contributed by atoms with E-state index in [2.05, 4.69) is 4.98 Å². The Kier molecular flexibility index (Phi) is 4.97. The summed E-state index contributed by atoms with van der Waals surface area (Å²) in [6.07, 6.45) is 1.69. The van der Waals surface area contributed by atoms with E-state index in [0.717, 1.165) is 10.9 Å². The predicted molar refractivity (Wildman–Crippen MR) is 117 cm³/mol. The zero-order valence-electron chi connectivity index (χ0n) is 14.5. The van der Waals surface area contributed by atoms with Gasteiger partial charge in [0.25, 0.3) is 5.91 Å². The van der Waals surface area contributed by atoms with Crippen LogP contribution in [0, 0.1) is 0 Å². The third-order valence-corrected chi connectivity index (χ3v) is 5.80. The summed E-state index contributed by atoms with van der Waals surface area (Å²) in [5, 5.41) is 10.6. The van der Waals surface area contributed by atoms with Crippen LogP contribution in [0.5, 0.6) is 11.5 Å². The molecule has 0 bridgehead atoms. The Bertz CT molecular complexity index is 1150. The summed E-state index contributed by atoms with van der Waals surface area (Å²) in [6.45, 7) is 0. The second-order valence-electron chi connectivity index (χ2n) is 5.96. The lowest BCUT2D eigenvalue weighted by atomic mass is 10.1. The maximum atomic E-state index is 12.9. The number of aromatic hydroxyl groups is 1. The van der Waals surface area contributed by atoms with Gasteiger partial charge in [-0.15, -0.1) is 0 Å². The van der Waals surface area contributed by atoms with E-state index in [9.17, 15) is 9.90 Å². The lowest BCUT2D eigenvalue weighted by Crippen LogP contribution is -2.27. The van der Waals surface area contributed by atoms with Gasteiger partial charge in [0.05, 0.1) is 23.2 Å². The molecule has 8 heteroatoms. The van der Waals surface area contributed by atoms with Crippen LogP contribution in [0.4, 0.5) is 5.69 Å². The van der Waals surface area contributed by atoms with Gasteiger partial charge in [0.2, 0.25) is 0 Å². The van der Waals surface area contributed by atoms with Gasteiger partial charge in [-0.3, -0.25) is 9.69 Å². The van der Waals surface area contributed by atoms with Gasteiger partial charge in [0.15, 0.2) is 4.32 Å². The van der Waals surface area contributed by atoms with Crippen molar-refractivity contribution in [3.8, 4) is 11.5 Å². The van der Waals surface area contributed by atoms with Gasteiger partial charge in [-0.25, -0.2) is 4.98 Å². The van der Waals surface area contributed by atoms with E-state index >= 15 is 0 Å². The first kappa shape index (κ1) is 18.7. The summed E-state index contributed by atoms with van der Waals surface area (Å²) in [7, 11) is 1.60. The van der Waals surface area contributed by atoms with Crippen LogP contribution < -0.4 is 9.64 Å². The minimum Gasteiger partial charge on any atom is -0.508 e. The topological polar surface area (TPSA) is 62.7 Å². The summed E-state index contributed by atoms with van der Waals surface area (Å²) in [6, 6.07) is 13.7. The molecule has 4 rings (SSSR count). The number of hydrogen-bond acceptors (Lipinski definition) is 6. The van der Waals surface area contributed by atoms with E-state index in [1.165, 1.54) is 28.8 Å². The maximum Gasteiger partial charge on any atom is 0.270 e. The number of ether oxygens (including phenoxy) is 1. The standard InChI is InChI=1S/C20H13ClN2O3S2/c1-26-15-6-7-16-11(9-15)8-12(18(21)22-16)10-17-19(25)23(20(27)28-17)13-2-4-14(24)5-3-13/h2-10,24H,1H3/b17-10+. The summed E-state index contributed by atoms with van der Waals surface area (Å²) in [4.78, 5) is 19.2. The third kappa shape index (κ3) is 3.44. The Morgan fingerprint density at radius 1 is 1.21 bits per heavy atom. The number of thiocarbonyl (C=S) groups is 1. The van der Waals surface area contributed by atoms with Crippen LogP contribution in [0.2, 0.25) is 5.15 Å². The molecular formula is C20H13ClN2O3S2. The Morgan fingerprint density at radius 3 is 2.68 bits per heavy atom. The number of anilines is 1. The number of aromatic nitrogens is 1. The number of pyridine rings is 1. The normalized spacial score (nSPS) is 15.6. The van der Waals surface area contributed by atoms with Crippen molar-refractivity contribution in [3.05, 3.63) is 64.2 Å². The number of phenolic OH excluding ortho intramolecular Hbond substituents is 1. The van der Waals surface area contributed by atoms with Gasteiger partial charge < -0.3 is 9.84 Å². The van der Waals surface area contributed by atoms with Gasteiger partial charge in [0.1, 0.15) is 16.7 Å². The number of phenols is 1. The number of thioether (sulfide) groups is 1. The number of nitrogens with zero attached hydrogens (tertiary/aromatic N) is 2. The molecule has 2 heterocycles. The number of carbonyl (C=O) groups is 1. The molecule has 0 atom stereocenters.